The van der Waals surface area contributed by atoms with Gasteiger partial charge in [-0.1, -0.05) is 0 Å². The van der Waals surface area contributed by atoms with Gasteiger partial charge in [0.05, 0.1) is 0 Å². The number of nitrogens with zero attached hydrogens (tertiary/aromatic N) is 2. The van der Waals surface area contributed by atoms with E-state index in [2.05, 4.69) is 10.1 Å². The smallest absolute Gasteiger partial charge is 0.261 e. The van der Waals surface area contributed by atoms with Gasteiger partial charge in [0, 0.05) is 5.56 Å². The number of aromatic nitrogens is 2. The highest BCUT2D eigenvalue weighted by Crippen LogP contribution is 2.35. The minimum absolute atomic E-state index is 0.114. The Bertz CT molecular complexity index is 509. The maximum Gasteiger partial charge on any atom is 0.261 e. The second kappa shape index (κ2) is 2.88. The number of nitrogen functional groups attached to an aromatic ring is 1. The Kier molecular flexibility index (Phi) is 1.55. The molecule has 2 heterocycles. The van der Waals surface area contributed by atoms with Gasteiger partial charge in [-0.15, -0.1) is 0 Å². The van der Waals surface area contributed by atoms with E-state index in [9.17, 15) is 0 Å². The van der Waals surface area contributed by atoms with E-state index in [1.807, 2.05) is 0 Å². The first kappa shape index (κ1) is 8.10. The molecule has 0 bridgehead atoms. The average Bonchev–Trinajstić information content (AvgIpc) is 2.84. The maximum absolute atomic E-state index is 5.36. The van der Waals surface area contributed by atoms with Crippen molar-refractivity contribution in [2.24, 2.45) is 0 Å². The van der Waals surface area contributed by atoms with Gasteiger partial charge < -0.3 is 19.7 Å². The van der Waals surface area contributed by atoms with Crippen LogP contribution in [0, 0.1) is 0 Å². The van der Waals surface area contributed by atoms with Crippen molar-refractivity contribution in [1.29, 1.82) is 0 Å². The third kappa shape index (κ3) is 1.26. The second-order valence-electron chi connectivity index (χ2n) is 3.03. The number of rotatable bonds is 1. The van der Waals surface area contributed by atoms with Gasteiger partial charge in [-0.05, 0) is 23.4 Å². The fraction of sp³-hybridized carbons (Fsp3) is 0.111. The number of anilines is 1. The molecule has 0 aliphatic carbocycles. The van der Waals surface area contributed by atoms with Crippen LogP contribution in [-0.2, 0) is 0 Å². The average molecular weight is 205 g/mol. The zero-order valence-corrected chi connectivity index (χ0v) is 7.64. The minimum atomic E-state index is 0.114. The summed E-state index contributed by atoms with van der Waals surface area (Å²) in [4.78, 5) is 3.91. The van der Waals surface area contributed by atoms with Gasteiger partial charge in [0.1, 0.15) is 0 Å². The molecular formula is C9H7N3O3. The predicted molar refractivity (Wildman–Crippen MR) is 50.3 cm³/mol. The van der Waals surface area contributed by atoms with Crippen molar-refractivity contribution in [3.05, 3.63) is 18.2 Å². The molecule has 6 heteroatoms. The summed E-state index contributed by atoms with van der Waals surface area (Å²) in [6, 6.07) is 5.37. The van der Waals surface area contributed by atoms with E-state index in [0.717, 1.165) is 5.56 Å². The number of hydrogen-bond acceptors (Lipinski definition) is 6. The lowest BCUT2D eigenvalue weighted by molar-refractivity contribution is 0.174. The van der Waals surface area contributed by atoms with Crippen LogP contribution in [0.4, 0.5) is 5.95 Å². The third-order valence-corrected chi connectivity index (χ3v) is 2.06. The lowest BCUT2D eigenvalue weighted by Crippen LogP contribution is -1.92. The van der Waals surface area contributed by atoms with Crippen LogP contribution in [0.1, 0.15) is 0 Å². The van der Waals surface area contributed by atoms with Crippen LogP contribution in [-0.4, -0.2) is 16.9 Å². The maximum atomic E-state index is 5.36. The number of hydrogen-bond donors (Lipinski definition) is 1. The molecule has 1 aliphatic rings. The molecule has 15 heavy (non-hydrogen) atoms. The highest BCUT2D eigenvalue weighted by molar-refractivity contribution is 5.60. The Morgan fingerprint density at radius 1 is 1.20 bits per heavy atom. The van der Waals surface area contributed by atoms with Crippen LogP contribution in [0.5, 0.6) is 11.5 Å². The van der Waals surface area contributed by atoms with Crippen molar-refractivity contribution in [2.75, 3.05) is 12.5 Å². The van der Waals surface area contributed by atoms with Crippen LogP contribution in [0.2, 0.25) is 0 Å². The molecule has 1 aliphatic heterocycles. The van der Waals surface area contributed by atoms with Gasteiger partial charge in [0.15, 0.2) is 11.5 Å². The Morgan fingerprint density at radius 3 is 2.87 bits per heavy atom. The van der Waals surface area contributed by atoms with E-state index in [4.69, 9.17) is 19.7 Å². The molecule has 1 aromatic heterocycles. The van der Waals surface area contributed by atoms with E-state index < -0.39 is 0 Å². The van der Waals surface area contributed by atoms with E-state index in [-0.39, 0.29) is 12.7 Å². The highest BCUT2D eigenvalue weighted by atomic mass is 16.7. The monoisotopic (exact) mass is 205 g/mol. The molecule has 0 fully saturated rings. The molecule has 0 spiro atoms. The summed E-state index contributed by atoms with van der Waals surface area (Å²) >= 11 is 0. The molecule has 0 saturated heterocycles. The van der Waals surface area contributed by atoms with Crippen LogP contribution < -0.4 is 15.2 Å². The number of ether oxygens (including phenoxy) is 2. The predicted octanol–water partition coefficient (Wildman–Crippen LogP) is 1.05. The summed E-state index contributed by atoms with van der Waals surface area (Å²) in [5.74, 6) is 1.86. The normalized spacial score (nSPS) is 13.1. The molecule has 3 rings (SSSR count). The molecule has 2 aromatic rings. The summed E-state index contributed by atoms with van der Waals surface area (Å²) < 4.78 is 15.3. The number of benzene rings is 1. The number of fused-ring (bicyclic) bond motifs is 1. The quantitative estimate of drug-likeness (QED) is 0.749. The first-order valence-corrected chi connectivity index (χ1v) is 4.32. The zero-order valence-electron chi connectivity index (χ0n) is 7.64. The van der Waals surface area contributed by atoms with Crippen molar-refractivity contribution in [1.82, 2.24) is 10.1 Å². The van der Waals surface area contributed by atoms with E-state index in [1.54, 1.807) is 18.2 Å². The molecule has 0 unspecified atom stereocenters. The van der Waals surface area contributed by atoms with Gasteiger partial charge in [0.25, 0.3) is 11.8 Å². The molecule has 2 N–H and O–H groups in total. The molecule has 6 nitrogen and oxygen atoms in total. The van der Waals surface area contributed by atoms with Crippen molar-refractivity contribution in [2.45, 2.75) is 0 Å². The van der Waals surface area contributed by atoms with E-state index in [1.165, 1.54) is 0 Å². The lowest BCUT2D eigenvalue weighted by atomic mass is 10.2. The first-order valence-electron chi connectivity index (χ1n) is 4.32. The molecule has 1 aromatic carbocycles. The van der Waals surface area contributed by atoms with Crippen molar-refractivity contribution >= 4 is 5.95 Å². The number of nitrogens with two attached hydrogens (primary N) is 1. The van der Waals surface area contributed by atoms with E-state index in [0.29, 0.717) is 17.4 Å². The Labute approximate surface area is 84.6 Å². The van der Waals surface area contributed by atoms with Gasteiger partial charge in [-0.3, -0.25) is 0 Å². The standard InChI is InChI=1S/C9H7N3O3/c10-9-11-8(15-12-9)5-1-2-6-7(3-5)14-4-13-6/h1-3H,4H2,(H2,10,12). The van der Waals surface area contributed by atoms with Crippen molar-refractivity contribution in [3.63, 3.8) is 0 Å². The lowest BCUT2D eigenvalue weighted by Gasteiger charge is -1.97. The largest absolute Gasteiger partial charge is 0.454 e. The van der Waals surface area contributed by atoms with Crippen LogP contribution >= 0.6 is 0 Å². The fourth-order valence-electron chi connectivity index (χ4n) is 1.38. The zero-order chi connectivity index (χ0) is 10.3. The summed E-state index contributed by atoms with van der Waals surface area (Å²) in [7, 11) is 0. The van der Waals surface area contributed by atoms with Gasteiger partial charge in [0.2, 0.25) is 6.79 Å². The topological polar surface area (TPSA) is 83.4 Å². The van der Waals surface area contributed by atoms with Crippen LogP contribution in [0.3, 0.4) is 0 Å². The second-order valence-corrected chi connectivity index (χ2v) is 3.03. The Hall–Kier alpha value is -2.24. The SMILES string of the molecule is Nc1noc(-c2ccc3c(c2)OCO3)n1. The highest BCUT2D eigenvalue weighted by Gasteiger charge is 2.16. The molecule has 0 amide bonds. The van der Waals surface area contributed by atoms with Crippen LogP contribution in [0.25, 0.3) is 11.5 Å². The van der Waals surface area contributed by atoms with Crippen LogP contribution in [0.15, 0.2) is 22.7 Å². The Morgan fingerprint density at radius 2 is 2.07 bits per heavy atom. The fourth-order valence-corrected chi connectivity index (χ4v) is 1.38. The third-order valence-electron chi connectivity index (χ3n) is 2.06. The first-order chi connectivity index (χ1) is 7.33. The Balaban J connectivity index is 2.06. The van der Waals surface area contributed by atoms with Gasteiger partial charge in [-0.2, -0.15) is 4.98 Å². The molecule has 0 saturated carbocycles. The summed E-state index contributed by atoms with van der Waals surface area (Å²) in [6.07, 6.45) is 0. The van der Waals surface area contributed by atoms with Crippen molar-refractivity contribution in [3.8, 4) is 23.0 Å². The molecule has 76 valence electrons. The van der Waals surface area contributed by atoms with Crippen molar-refractivity contribution < 1.29 is 14.0 Å². The van der Waals surface area contributed by atoms with E-state index >= 15 is 0 Å². The molecule has 0 atom stereocenters. The molecule has 0 radical (unpaired) electrons. The minimum Gasteiger partial charge on any atom is -0.454 e. The molecular weight excluding hydrogens is 198 g/mol. The summed E-state index contributed by atoms with van der Waals surface area (Å²) in [5.41, 5.74) is 6.11. The summed E-state index contributed by atoms with van der Waals surface area (Å²) in [5, 5.41) is 3.51. The van der Waals surface area contributed by atoms with Gasteiger partial charge >= 0.3 is 0 Å². The van der Waals surface area contributed by atoms with Gasteiger partial charge in [-0.25, -0.2) is 0 Å². The summed E-state index contributed by atoms with van der Waals surface area (Å²) in [6.45, 7) is 0.241.